The first-order chi connectivity index (χ1) is 18.8. The van der Waals surface area contributed by atoms with Crippen molar-refractivity contribution in [3.63, 3.8) is 0 Å². The topological polar surface area (TPSA) is 0 Å². The van der Waals surface area contributed by atoms with Crippen molar-refractivity contribution in [1.29, 1.82) is 0 Å². The van der Waals surface area contributed by atoms with Gasteiger partial charge in [0, 0.05) is 5.02 Å². The summed E-state index contributed by atoms with van der Waals surface area (Å²) in [6.07, 6.45) is 0. The van der Waals surface area contributed by atoms with Crippen LogP contribution >= 0.6 is 11.6 Å². The maximum atomic E-state index is 6.80. The highest BCUT2D eigenvalue weighted by atomic mass is 35.5. The Morgan fingerprint density at radius 3 is 1.76 bits per heavy atom. The Labute approximate surface area is 227 Å². The van der Waals surface area contributed by atoms with Gasteiger partial charge in [-0.3, -0.25) is 0 Å². The minimum absolute atomic E-state index is 0.460. The number of hydrogen-bond acceptors (Lipinski definition) is 0. The van der Waals surface area contributed by atoms with E-state index in [1.54, 1.807) is 0 Å². The maximum absolute atomic E-state index is 6.80. The normalized spacial score (nSPS) is 16.1. The van der Waals surface area contributed by atoms with Crippen LogP contribution in [0.25, 0.3) is 44.5 Å². The summed E-state index contributed by atoms with van der Waals surface area (Å²) in [5.41, 5.74) is 14.9. The van der Waals surface area contributed by atoms with Crippen molar-refractivity contribution in [2.75, 3.05) is 0 Å². The van der Waals surface area contributed by atoms with Crippen molar-refractivity contribution in [3.8, 4) is 44.5 Å². The lowest BCUT2D eigenvalue weighted by Gasteiger charge is -2.32. The van der Waals surface area contributed by atoms with Gasteiger partial charge in [-0.05, 0) is 78.9 Å². The summed E-state index contributed by atoms with van der Waals surface area (Å²) < 4.78 is 0. The Morgan fingerprint density at radius 1 is 0.395 bits per heavy atom. The zero-order chi connectivity index (χ0) is 25.3. The first-order valence-electron chi connectivity index (χ1n) is 13.1. The molecule has 2 aliphatic carbocycles. The molecule has 2 aliphatic rings. The summed E-state index contributed by atoms with van der Waals surface area (Å²) in [4.78, 5) is 0. The second-order valence-electron chi connectivity index (χ2n) is 10.2. The molecule has 0 amide bonds. The molecule has 0 radical (unpaired) electrons. The predicted octanol–water partition coefficient (Wildman–Crippen LogP) is 10.0. The first-order valence-corrected chi connectivity index (χ1v) is 13.4. The number of hydrogen-bond donors (Lipinski definition) is 0. The van der Waals surface area contributed by atoms with E-state index >= 15 is 0 Å². The highest BCUT2D eigenvalue weighted by Crippen LogP contribution is 2.65. The Kier molecular flexibility index (Phi) is 4.59. The SMILES string of the molecule is Clc1ccc2c(c1)C1(c3ccccc3-c3cccc(-c4ccccc4)c31)c1cccc(-c3ccccc3)c1-2. The summed E-state index contributed by atoms with van der Waals surface area (Å²) in [5, 5.41) is 0.764. The molecule has 6 aromatic carbocycles. The second-order valence-corrected chi connectivity index (χ2v) is 10.6. The van der Waals surface area contributed by atoms with Crippen molar-refractivity contribution in [1.82, 2.24) is 0 Å². The third-order valence-corrected chi connectivity index (χ3v) is 8.59. The van der Waals surface area contributed by atoms with E-state index in [4.69, 9.17) is 11.6 Å². The molecule has 0 fully saturated rings. The average Bonchev–Trinajstić information content (AvgIpc) is 3.45. The Balaban J connectivity index is 1.58. The van der Waals surface area contributed by atoms with Crippen LogP contribution in [0.3, 0.4) is 0 Å². The van der Waals surface area contributed by atoms with Crippen molar-refractivity contribution >= 4 is 11.6 Å². The van der Waals surface area contributed by atoms with Crippen LogP contribution in [0.1, 0.15) is 22.3 Å². The Hall–Kier alpha value is -4.39. The summed E-state index contributed by atoms with van der Waals surface area (Å²) in [7, 11) is 0. The van der Waals surface area contributed by atoms with Crippen molar-refractivity contribution in [2.45, 2.75) is 5.41 Å². The van der Waals surface area contributed by atoms with Gasteiger partial charge in [0.15, 0.2) is 0 Å². The lowest BCUT2D eigenvalue weighted by molar-refractivity contribution is 0.796. The molecule has 178 valence electrons. The molecule has 0 saturated heterocycles. The molecular weight excluding hydrogens is 480 g/mol. The quantitative estimate of drug-likeness (QED) is 0.220. The molecule has 0 bridgehead atoms. The molecule has 1 heteroatoms. The fourth-order valence-corrected chi connectivity index (χ4v) is 7.15. The van der Waals surface area contributed by atoms with Gasteiger partial charge in [0.05, 0.1) is 5.41 Å². The summed E-state index contributed by atoms with van der Waals surface area (Å²) in [5.74, 6) is 0. The van der Waals surface area contributed by atoms with Gasteiger partial charge in [-0.25, -0.2) is 0 Å². The standard InChI is InChI=1S/C37H23Cl/c38-26-21-22-31-34(23-26)37(33-20-10-16-27(35(31)33)24-11-3-1-4-12-24)32-19-8-7-15-29(32)30-18-9-17-28(36(30)37)25-13-5-2-6-14-25/h1-23H. The predicted molar refractivity (Wildman–Crippen MR) is 159 cm³/mol. The number of fused-ring (bicyclic) bond motifs is 10. The molecule has 0 aromatic heterocycles. The Bertz CT molecular complexity index is 1870. The molecular formula is C37H23Cl. The minimum Gasteiger partial charge on any atom is -0.0843 e. The van der Waals surface area contributed by atoms with Gasteiger partial charge in [-0.15, -0.1) is 0 Å². The third-order valence-electron chi connectivity index (χ3n) is 8.35. The van der Waals surface area contributed by atoms with Crippen LogP contribution in [0, 0.1) is 0 Å². The van der Waals surface area contributed by atoms with Crippen LogP contribution in [-0.4, -0.2) is 0 Å². The molecule has 0 heterocycles. The highest BCUT2D eigenvalue weighted by Gasteiger charge is 2.53. The van der Waals surface area contributed by atoms with Crippen LogP contribution in [0.4, 0.5) is 0 Å². The van der Waals surface area contributed by atoms with Crippen LogP contribution in [-0.2, 0) is 5.41 Å². The molecule has 1 spiro atoms. The molecule has 1 atom stereocenters. The average molecular weight is 503 g/mol. The molecule has 38 heavy (non-hydrogen) atoms. The molecule has 0 aliphatic heterocycles. The fraction of sp³-hybridized carbons (Fsp3) is 0.0270. The van der Waals surface area contributed by atoms with Crippen LogP contribution in [0.15, 0.2) is 140 Å². The van der Waals surface area contributed by atoms with E-state index in [-0.39, 0.29) is 0 Å². The number of halogens is 1. The van der Waals surface area contributed by atoms with Gasteiger partial charge in [-0.2, -0.15) is 0 Å². The van der Waals surface area contributed by atoms with Gasteiger partial charge in [-0.1, -0.05) is 139 Å². The summed E-state index contributed by atoms with van der Waals surface area (Å²) in [6, 6.07) is 50.5. The number of benzene rings is 6. The smallest absolute Gasteiger partial charge is 0.0732 e. The van der Waals surface area contributed by atoms with Crippen molar-refractivity contribution in [2.24, 2.45) is 0 Å². The fourth-order valence-electron chi connectivity index (χ4n) is 6.98. The minimum atomic E-state index is -0.460. The molecule has 0 nitrogen and oxygen atoms in total. The summed E-state index contributed by atoms with van der Waals surface area (Å²) >= 11 is 6.80. The molecule has 0 saturated carbocycles. The molecule has 1 unspecified atom stereocenters. The number of rotatable bonds is 2. The van der Waals surface area contributed by atoms with E-state index < -0.39 is 5.41 Å². The van der Waals surface area contributed by atoms with E-state index in [2.05, 4.69) is 133 Å². The molecule has 0 N–H and O–H groups in total. The van der Waals surface area contributed by atoms with Gasteiger partial charge in [0.2, 0.25) is 0 Å². The van der Waals surface area contributed by atoms with E-state index in [0.717, 1.165) is 5.02 Å². The molecule has 8 rings (SSSR count). The second kappa shape index (κ2) is 8.05. The van der Waals surface area contributed by atoms with Crippen LogP contribution < -0.4 is 0 Å². The monoisotopic (exact) mass is 502 g/mol. The lowest BCUT2D eigenvalue weighted by atomic mass is 9.68. The van der Waals surface area contributed by atoms with E-state index in [0.29, 0.717) is 0 Å². The maximum Gasteiger partial charge on any atom is 0.0732 e. The van der Waals surface area contributed by atoms with Gasteiger partial charge < -0.3 is 0 Å². The Morgan fingerprint density at radius 2 is 0.974 bits per heavy atom. The third kappa shape index (κ3) is 2.76. The van der Waals surface area contributed by atoms with Crippen LogP contribution in [0.5, 0.6) is 0 Å². The zero-order valence-electron chi connectivity index (χ0n) is 20.7. The van der Waals surface area contributed by atoms with Crippen molar-refractivity contribution < 1.29 is 0 Å². The summed E-state index contributed by atoms with van der Waals surface area (Å²) in [6.45, 7) is 0. The van der Waals surface area contributed by atoms with Gasteiger partial charge in [0.25, 0.3) is 0 Å². The highest BCUT2D eigenvalue weighted by molar-refractivity contribution is 6.31. The van der Waals surface area contributed by atoms with Gasteiger partial charge >= 0.3 is 0 Å². The van der Waals surface area contributed by atoms with E-state index in [1.165, 1.54) is 66.8 Å². The van der Waals surface area contributed by atoms with E-state index in [9.17, 15) is 0 Å². The zero-order valence-corrected chi connectivity index (χ0v) is 21.4. The van der Waals surface area contributed by atoms with Gasteiger partial charge in [0.1, 0.15) is 0 Å². The van der Waals surface area contributed by atoms with E-state index in [1.807, 2.05) is 6.07 Å². The lowest BCUT2D eigenvalue weighted by Crippen LogP contribution is -2.26. The first kappa shape index (κ1) is 21.7. The van der Waals surface area contributed by atoms with Crippen molar-refractivity contribution in [3.05, 3.63) is 167 Å². The largest absolute Gasteiger partial charge is 0.0843 e. The van der Waals surface area contributed by atoms with Crippen LogP contribution in [0.2, 0.25) is 5.02 Å². The molecule has 6 aromatic rings.